The minimum absolute atomic E-state index is 0.0225. The van der Waals surface area contributed by atoms with Crippen molar-refractivity contribution in [2.75, 3.05) is 56.5 Å². The number of hydrogen-bond acceptors (Lipinski definition) is 6. The quantitative estimate of drug-likeness (QED) is 0.612. The molecule has 0 saturated carbocycles. The van der Waals surface area contributed by atoms with Gasteiger partial charge in [0.2, 0.25) is 0 Å². The van der Waals surface area contributed by atoms with Crippen molar-refractivity contribution in [1.29, 1.82) is 0 Å². The fourth-order valence-corrected chi connectivity index (χ4v) is 4.05. The van der Waals surface area contributed by atoms with Crippen molar-refractivity contribution >= 4 is 23.2 Å². The van der Waals surface area contributed by atoms with Gasteiger partial charge in [0.05, 0.1) is 4.92 Å². The number of amides is 1. The summed E-state index contributed by atoms with van der Waals surface area (Å²) >= 11 is 0. The molecule has 148 valence electrons. The molecule has 0 atom stereocenters. The summed E-state index contributed by atoms with van der Waals surface area (Å²) < 4.78 is 0. The van der Waals surface area contributed by atoms with E-state index in [2.05, 4.69) is 27.1 Å². The van der Waals surface area contributed by atoms with E-state index in [-0.39, 0.29) is 11.4 Å². The van der Waals surface area contributed by atoms with Crippen LogP contribution in [0.4, 0.5) is 21.9 Å². The van der Waals surface area contributed by atoms with Gasteiger partial charge >= 0.3 is 6.09 Å². The van der Waals surface area contributed by atoms with E-state index in [9.17, 15) is 14.9 Å². The van der Waals surface area contributed by atoms with Crippen LogP contribution in [0, 0.1) is 17.0 Å². The molecule has 0 bridgehead atoms. The number of piperidine rings is 1. The van der Waals surface area contributed by atoms with Crippen LogP contribution in [0.3, 0.4) is 0 Å². The first kappa shape index (κ1) is 19.4. The van der Waals surface area contributed by atoms with Crippen molar-refractivity contribution in [2.45, 2.75) is 25.8 Å². The number of carbonyl (C=O) groups is 1. The highest BCUT2D eigenvalue weighted by Crippen LogP contribution is 2.34. The van der Waals surface area contributed by atoms with Crippen LogP contribution >= 0.6 is 0 Å². The van der Waals surface area contributed by atoms with Gasteiger partial charge < -0.3 is 14.9 Å². The number of nitrogens with one attached hydrogen (secondary N) is 1. The number of aryl methyl sites for hydroxylation is 1. The summed E-state index contributed by atoms with van der Waals surface area (Å²) in [5.74, 6) is 0. The van der Waals surface area contributed by atoms with Crippen LogP contribution in [-0.4, -0.2) is 78.3 Å². The minimum Gasteiger partial charge on any atom is -0.465 e. The minimum atomic E-state index is -1.30. The molecule has 2 aliphatic heterocycles. The Morgan fingerprint density at radius 2 is 1.81 bits per heavy atom. The topological polar surface area (TPSA) is 102 Å². The number of nitro benzene ring substituents is 1. The summed E-state index contributed by atoms with van der Waals surface area (Å²) in [6, 6.07) is 3.62. The molecular weight excluding hydrogens is 350 g/mol. The summed E-state index contributed by atoms with van der Waals surface area (Å²) in [5, 5.41) is 22.4. The molecular formula is C18H27N5O4. The zero-order valence-electron chi connectivity index (χ0n) is 15.8. The van der Waals surface area contributed by atoms with Crippen molar-refractivity contribution in [3.05, 3.63) is 27.8 Å². The summed E-state index contributed by atoms with van der Waals surface area (Å²) in [5.41, 5.74) is 1.46. The predicted molar refractivity (Wildman–Crippen MR) is 104 cm³/mol. The third-order valence-corrected chi connectivity index (χ3v) is 5.61. The summed E-state index contributed by atoms with van der Waals surface area (Å²) in [6.07, 6.45) is 0.783. The Bertz CT molecular complexity index is 710. The van der Waals surface area contributed by atoms with Crippen LogP contribution in [0.1, 0.15) is 18.4 Å². The SMILES string of the molecule is Cc1cc([N+](=O)[O-])c(NC(=O)O)cc1N1CCC(N2CCN(C)CC2)CC1. The largest absolute Gasteiger partial charge is 0.465 e. The lowest BCUT2D eigenvalue weighted by atomic mass is 10.0. The summed E-state index contributed by atoms with van der Waals surface area (Å²) in [7, 11) is 2.15. The Morgan fingerprint density at radius 3 is 2.37 bits per heavy atom. The standard InChI is InChI=1S/C18H27N5O4/c1-13-11-17(23(26)27)15(19-18(24)25)12-16(13)22-5-3-14(4-6-22)21-9-7-20(2)8-10-21/h11-12,14,19H,3-10H2,1-2H3,(H,24,25). The van der Waals surface area contributed by atoms with E-state index in [4.69, 9.17) is 5.11 Å². The van der Waals surface area contributed by atoms with Gasteiger partial charge in [-0.15, -0.1) is 0 Å². The fraction of sp³-hybridized carbons (Fsp3) is 0.611. The molecule has 3 rings (SSSR count). The first-order valence-electron chi connectivity index (χ1n) is 9.31. The average Bonchev–Trinajstić information content (AvgIpc) is 2.63. The van der Waals surface area contributed by atoms with Gasteiger partial charge in [0.15, 0.2) is 0 Å². The second-order valence-electron chi connectivity index (χ2n) is 7.40. The molecule has 27 heavy (non-hydrogen) atoms. The van der Waals surface area contributed by atoms with E-state index < -0.39 is 11.0 Å². The highest BCUT2D eigenvalue weighted by atomic mass is 16.6. The first-order chi connectivity index (χ1) is 12.8. The van der Waals surface area contributed by atoms with Crippen LogP contribution in [0.5, 0.6) is 0 Å². The Hall–Kier alpha value is -2.39. The highest BCUT2D eigenvalue weighted by molar-refractivity contribution is 5.88. The second-order valence-corrected chi connectivity index (χ2v) is 7.40. The Balaban J connectivity index is 1.71. The molecule has 2 heterocycles. The maximum Gasteiger partial charge on any atom is 0.409 e. The van der Waals surface area contributed by atoms with E-state index in [1.165, 1.54) is 6.07 Å². The summed E-state index contributed by atoms with van der Waals surface area (Å²) in [4.78, 5) is 28.8. The third kappa shape index (κ3) is 4.48. The molecule has 2 saturated heterocycles. The lowest BCUT2D eigenvalue weighted by Crippen LogP contribution is -2.52. The van der Waals surface area contributed by atoms with Gasteiger partial charge in [0, 0.05) is 57.1 Å². The van der Waals surface area contributed by atoms with Gasteiger partial charge in [0.1, 0.15) is 5.69 Å². The van der Waals surface area contributed by atoms with E-state index in [1.54, 1.807) is 6.07 Å². The Kier molecular flexibility index (Phi) is 5.81. The van der Waals surface area contributed by atoms with E-state index in [0.29, 0.717) is 6.04 Å². The van der Waals surface area contributed by atoms with Gasteiger partial charge in [-0.25, -0.2) is 4.79 Å². The number of nitrogens with zero attached hydrogens (tertiary/aromatic N) is 4. The molecule has 9 heteroatoms. The normalized spacial score (nSPS) is 19.9. The van der Waals surface area contributed by atoms with Crippen molar-refractivity contribution in [3.63, 3.8) is 0 Å². The Morgan fingerprint density at radius 1 is 1.19 bits per heavy atom. The van der Waals surface area contributed by atoms with Crippen LogP contribution in [0.15, 0.2) is 12.1 Å². The molecule has 2 N–H and O–H groups in total. The van der Waals surface area contributed by atoms with Crippen molar-refractivity contribution < 1.29 is 14.8 Å². The zero-order valence-corrected chi connectivity index (χ0v) is 15.8. The molecule has 2 fully saturated rings. The molecule has 0 unspecified atom stereocenters. The van der Waals surface area contributed by atoms with Crippen molar-refractivity contribution in [1.82, 2.24) is 9.80 Å². The molecule has 0 aromatic heterocycles. The van der Waals surface area contributed by atoms with E-state index in [1.807, 2.05) is 6.92 Å². The molecule has 1 aromatic rings. The molecule has 0 radical (unpaired) electrons. The number of nitro groups is 1. The lowest BCUT2D eigenvalue weighted by molar-refractivity contribution is -0.384. The van der Waals surface area contributed by atoms with Crippen LogP contribution in [0.25, 0.3) is 0 Å². The highest BCUT2D eigenvalue weighted by Gasteiger charge is 2.28. The smallest absolute Gasteiger partial charge is 0.409 e. The monoisotopic (exact) mass is 377 g/mol. The molecule has 1 amide bonds. The van der Waals surface area contributed by atoms with E-state index in [0.717, 1.165) is 63.4 Å². The number of likely N-dealkylation sites (N-methyl/N-ethyl adjacent to an activating group) is 1. The van der Waals surface area contributed by atoms with Gasteiger partial charge in [0.25, 0.3) is 5.69 Å². The predicted octanol–water partition coefficient (Wildman–Crippen LogP) is 2.21. The van der Waals surface area contributed by atoms with Crippen LogP contribution in [-0.2, 0) is 0 Å². The second kappa shape index (κ2) is 8.10. The number of carboxylic acid groups (broad SMARTS) is 1. The van der Waals surface area contributed by atoms with Gasteiger partial charge in [-0.1, -0.05) is 0 Å². The number of benzene rings is 1. The number of piperazine rings is 1. The van der Waals surface area contributed by atoms with Gasteiger partial charge in [-0.2, -0.15) is 0 Å². The molecule has 0 aliphatic carbocycles. The number of rotatable bonds is 4. The van der Waals surface area contributed by atoms with Gasteiger partial charge in [-0.3, -0.25) is 20.3 Å². The molecule has 2 aliphatic rings. The molecule has 0 spiro atoms. The van der Waals surface area contributed by atoms with Crippen LogP contribution in [0.2, 0.25) is 0 Å². The maximum atomic E-state index is 11.2. The van der Waals surface area contributed by atoms with E-state index >= 15 is 0 Å². The lowest BCUT2D eigenvalue weighted by Gasteiger charge is -2.43. The maximum absolute atomic E-state index is 11.2. The Labute approximate surface area is 158 Å². The molecule has 1 aromatic carbocycles. The number of hydrogen-bond donors (Lipinski definition) is 2. The van der Waals surface area contributed by atoms with Crippen LogP contribution < -0.4 is 10.2 Å². The van der Waals surface area contributed by atoms with Crippen molar-refractivity contribution in [2.24, 2.45) is 0 Å². The fourth-order valence-electron chi connectivity index (χ4n) is 4.05. The van der Waals surface area contributed by atoms with Crippen molar-refractivity contribution in [3.8, 4) is 0 Å². The van der Waals surface area contributed by atoms with Gasteiger partial charge in [-0.05, 0) is 38.4 Å². The third-order valence-electron chi connectivity index (χ3n) is 5.61. The summed E-state index contributed by atoms with van der Waals surface area (Å²) in [6.45, 7) is 7.97. The zero-order chi connectivity index (χ0) is 19.6. The molecule has 9 nitrogen and oxygen atoms in total. The number of anilines is 2. The first-order valence-corrected chi connectivity index (χ1v) is 9.31. The average molecular weight is 377 g/mol.